The molecule has 1 aromatic carbocycles. The lowest BCUT2D eigenvalue weighted by Crippen LogP contribution is -2.35. The Hall–Kier alpha value is -1.14. The molecular weight excluding hydrogens is 322 g/mol. The van der Waals surface area contributed by atoms with Gasteiger partial charge in [0.25, 0.3) is 5.69 Å². The molecule has 0 spiro atoms. The maximum atomic E-state index is 11.3. The maximum Gasteiger partial charge on any atom is 0.293 e. The molecule has 0 bridgehead atoms. The van der Waals surface area contributed by atoms with Gasteiger partial charge < -0.3 is 10.2 Å². The van der Waals surface area contributed by atoms with E-state index in [9.17, 15) is 10.1 Å². The van der Waals surface area contributed by atoms with Crippen LogP contribution in [-0.4, -0.2) is 30.6 Å². The van der Waals surface area contributed by atoms with E-state index in [0.717, 1.165) is 36.2 Å². The highest BCUT2D eigenvalue weighted by atomic mass is 79.9. The summed E-state index contributed by atoms with van der Waals surface area (Å²) < 4.78 is 0.752. The lowest BCUT2D eigenvalue weighted by Gasteiger charge is -2.28. The second-order valence-corrected chi connectivity index (χ2v) is 6.52. The number of nitrogens with zero attached hydrogens (tertiary/aromatic N) is 2. The second-order valence-electron chi connectivity index (χ2n) is 5.60. The van der Waals surface area contributed by atoms with Gasteiger partial charge in [0.2, 0.25) is 0 Å². The number of nitro benzene ring substituents is 1. The lowest BCUT2D eigenvalue weighted by molar-refractivity contribution is -0.384. The normalized spacial score (nSPS) is 28.7. The Morgan fingerprint density at radius 2 is 2.30 bits per heavy atom. The summed E-state index contributed by atoms with van der Waals surface area (Å²) in [5.74, 6) is 1.23. The summed E-state index contributed by atoms with van der Waals surface area (Å²) in [6, 6.07) is 5.77. The van der Waals surface area contributed by atoms with E-state index in [-0.39, 0.29) is 10.6 Å². The van der Waals surface area contributed by atoms with Gasteiger partial charge in [-0.25, -0.2) is 0 Å². The second kappa shape index (κ2) is 5.33. The monoisotopic (exact) mass is 339 g/mol. The lowest BCUT2D eigenvalue weighted by atomic mass is 9.93. The highest BCUT2D eigenvalue weighted by Crippen LogP contribution is 2.41. The van der Waals surface area contributed by atoms with Crippen LogP contribution < -0.4 is 10.2 Å². The average molecular weight is 340 g/mol. The van der Waals surface area contributed by atoms with Crippen LogP contribution in [0.1, 0.15) is 13.3 Å². The number of hydrogen-bond donors (Lipinski definition) is 1. The summed E-state index contributed by atoms with van der Waals surface area (Å²) in [7, 11) is 0. The predicted octanol–water partition coefficient (Wildman–Crippen LogP) is 2.79. The fourth-order valence-corrected chi connectivity index (χ4v) is 4.06. The van der Waals surface area contributed by atoms with Crippen LogP contribution in [0.25, 0.3) is 0 Å². The van der Waals surface area contributed by atoms with Gasteiger partial charge in [0.15, 0.2) is 0 Å². The van der Waals surface area contributed by atoms with Crippen LogP contribution in [0.3, 0.4) is 0 Å². The fourth-order valence-electron chi connectivity index (χ4n) is 3.71. The first-order chi connectivity index (χ1) is 9.61. The van der Waals surface area contributed by atoms with Gasteiger partial charge in [-0.2, -0.15) is 0 Å². The molecule has 2 heterocycles. The Kier molecular flexibility index (Phi) is 3.69. The van der Waals surface area contributed by atoms with Crippen LogP contribution in [0.5, 0.6) is 0 Å². The van der Waals surface area contributed by atoms with Crippen molar-refractivity contribution in [1.29, 1.82) is 0 Å². The number of nitrogens with one attached hydrogen (secondary N) is 1. The number of anilines is 1. The molecule has 108 valence electrons. The zero-order valence-electron chi connectivity index (χ0n) is 11.4. The number of benzene rings is 1. The van der Waals surface area contributed by atoms with E-state index in [0.29, 0.717) is 17.9 Å². The molecule has 3 atom stereocenters. The zero-order chi connectivity index (χ0) is 14.3. The fraction of sp³-hybridized carbons (Fsp3) is 0.571. The van der Waals surface area contributed by atoms with Crippen molar-refractivity contribution in [2.24, 2.45) is 11.8 Å². The molecule has 3 unspecified atom stereocenters. The van der Waals surface area contributed by atoms with E-state index in [1.54, 1.807) is 6.07 Å². The topological polar surface area (TPSA) is 58.4 Å². The van der Waals surface area contributed by atoms with Gasteiger partial charge in [-0.3, -0.25) is 10.1 Å². The molecule has 20 heavy (non-hydrogen) atoms. The minimum Gasteiger partial charge on any atom is -0.362 e. The SMILES string of the molecule is CCC1C2CNCC2CN1c1ccc(Br)cc1[N+](=O)[O-]. The molecular formula is C14H18BrN3O2. The van der Waals surface area contributed by atoms with E-state index in [2.05, 4.69) is 33.1 Å². The Morgan fingerprint density at radius 1 is 1.50 bits per heavy atom. The van der Waals surface area contributed by atoms with Crippen LogP contribution in [0.4, 0.5) is 11.4 Å². The highest BCUT2D eigenvalue weighted by molar-refractivity contribution is 9.10. The summed E-state index contributed by atoms with van der Waals surface area (Å²) in [5.41, 5.74) is 0.963. The summed E-state index contributed by atoms with van der Waals surface area (Å²) in [6.45, 7) is 5.15. The molecule has 0 amide bonds. The zero-order valence-corrected chi connectivity index (χ0v) is 13.0. The van der Waals surface area contributed by atoms with E-state index in [1.165, 1.54) is 0 Å². The summed E-state index contributed by atoms with van der Waals surface area (Å²) in [5, 5.41) is 14.8. The smallest absolute Gasteiger partial charge is 0.293 e. The van der Waals surface area contributed by atoms with E-state index in [1.807, 2.05) is 12.1 Å². The van der Waals surface area contributed by atoms with Gasteiger partial charge in [0.1, 0.15) is 5.69 Å². The minimum atomic E-state index is -0.279. The minimum absolute atomic E-state index is 0.200. The molecule has 6 heteroatoms. The molecule has 0 aliphatic carbocycles. The van der Waals surface area contributed by atoms with Crippen molar-refractivity contribution in [3.05, 3.63) is 32.8 Å². The van der Waals surface area contributed by atoms with E-state index in [4.69, 9.17) is 0 Å². The molecule has 2 aliphatic heterocycles. The van der Waals surface area contributed by atoms with Crippen molar-refractivity contribution < 1.29 is 4.92 Å². The third-order valence-electron chi connectivity index (χ3n) is 4.58. The highest BCUT2D eigenvalue weighted by Gasteiger charge is 2.44. The Balaban J connectivity index is 1.98. The molecule has 3 rings (SSSR count). The Bertz CT molecular complexity index is 537. The van der Waals surface area contributed by atoms with Crippen LogP contribution in [0, 0.1) is 22.0 Å². The molecule has 2 fully saturated rings. The first kappa shape index (κ1) is 13.8. The van der Waals surface area contributed by atoms with E-state index >= 15 is 0 Å². The quantitative estimate of drug-likeness (QED) is 0.679. The summed E-state index contributed by atoms with van der Waals surface area (Å²) >= 11 is 3.32. The van der Waals surface area contributed by atoms with Crippen molar-refractivity contribution in [3.63, 3.8) is 0 Å². The third kappa shape index (κ3) is 2.20. The maximum absolute atomic E-state index is 11.3. The van der Waals surface area contributed by atoms with Crippen LogP contribution >= 0.6 is 15.9 Å². The van der Waals surface area contributed by atoms with Gasteiger partial charge in [0.05, 0.1) is 4.92 Å². The van der Waals surface area contributed by atoms with Gasteiger partial charge in [-0.05, 0) is 30.4 Å². The average Bonchev–Trinajstić information content (AvgIpc) is 2.98. The molecule has 2 aliphatic rings. The largest absolute Gasteiger partial charge is 0.362 e. The summed E-state index contributed by atoms with van der Waals surface area (Å²) in [4.78, 5) is 13.3. The first-order valence-electron chi connectivity index (χ1n) is 7.03. The number of nitro groups is 1. The molecule has 1 aromatic rings. The molecule has 0 aromatic heterocycles. The van der Waals surface area contributed by atoms with Gasteiger partial charge >= 0.3 is 0 Å². The Labute approximate surface area is 126 Å². The molecule has 0 radical (unpaired) electrons. The number of rotatable bonds is 3. The first-order valence-corrected chi connectivity index (χ1v) is 7.82. The molecule has 5 nitrogen and oxygen atoms in total. The van der Waals surface area contributed by atoms with Crippen LogP contribution in [0.2, 0.25) is 0 Å². The van der Waals surface area contributed by atoms with Gasteiger partial charge in [-0.15, -0.1) is 0 Å². The van der Waals surface area contributed by atoms with E-state index < -0.39 is 0 Å². The van der Waals surface area contributed by atoms with Crippen molar-refractivity contribution in [3.8, 4) is 0 Å². The van der Waals surface area contributed by atoms with Gasteiger partial charge in [-0.1, -0.05) is 22.9 Å². The van der Waals surface area contributed by atoms with Gasteiger partial charge in [0, 0.05) is 36.2 Å². The standard InChI is InChI=1S/C14H18BrN3O2/c1-2-12-11-7-16-6-9(11)8-17(12)13-4-3-10(15)5-14(13)18(19)20/h3-5,9,11-12,16H,2,6-8H2,1H3. The number of halogens is 1. The van der Waals surface area contributed by atoms with Crippen LogP contribution in [0.15, 0.2) is 22.7 Å². The van der Waals surface area contributed by atoms with Crippen molar-refractivity contribution >= 4 is 27.3 Å². The van der Waals surface area contributed by atoms with Crippen molar-refractivity contribution in [2.75, 3.05) is 24.5 Å². The Morgan fingerprint density at radius 3 is 3.00 bits per heavy atom. The number of hydrogen-bond acceptors (Lipinski definition) is 4. The third-order valence-corrected chi connectivity index (χ3v) is 5.07. The molecule has 1 N–H and O–H groups in total. The predicted molar refractivity (Wildman–Crippen MR) is 82.1 cm³/mol. The number of fused-ring (bicyclic) bond motifs is 1. The molecule has 2 saturated heterocycles. The molecule has 0 saturated carbocycles. The van der Waals surface area contributed by atoms with Crippen molar-refractivity contribution in [1.82, 2.24) is 5.32 Å². The summed E-state index contributed by atoms with van der Waals surface area (Å²) in [6.07, 6.45) is 1.02. The van der Waals surface area contributed by atoms with Crippen LogP contribution in [-0.2, 0) is 0 Å². The van der Waals surface area contributed by atoms with Crippen molar-refractivity contribution in [2.45, 2.75) is 19.4 Å².